The lowest BCUT2D eigenvalue weighted by atomic mass is 9.98. The Morgan fingerprint density at radius 2 is 1.91 bits per heavy atom. The second-order valence-electron chi connectivity index (χ2n) is 5.60. The van der Waals surface area contributed by atoms with E-state index in [4.69, 9.17) is 5.11 Å². The first kappa shape index (κ1) is 14.4. The van der Waals surface area contributed by atoms with Crippen molar-refractivity contribution in [2.24, 2.45) is 0 Å². The predicted molar refractivity (Wildman–Crippen MR) is 81.4 cm³/mol. The van der Waals surface area contributed by atoms with Crippen molar-refractivity contribution in [2.75, 3.05) is 6.54 Å². The third-order valence-corrected chi connectivity index (χ3v) is 4.05. The number of carboxylic acid groups (broad SMARTS) is 1. The molecule has 1 aromatic heterocycles. The van der Waals surface area contributed by atoms with E-state index in [0.717, 1.165) is 16.8 Å². The summed E-state index contributed by atoms with van der Waals surface area (Å²) in [6.07, 6.45) is 1.53. The molecule has 2 aromatic rings. The van der Waals surface area contributed by atoms with Crippen LogP contribution < -0.4 is 0 Å². The summed E-state index contributed by atoms with van der Waals surface area (Å²) in [5.41, 5.74) is 3.18. The fraction of sp³-hybridized carbons (Fsp3) is 0.294. The average Bonchev–Trinajstić information content (AvgIpc) is 2.95. The maximum absolute atomic E-state index is 12.3. The van der Waals surface area contributed by atoms with Crippen molar-refractivity contribution in [1.29, 1.82) is 0 Å². The molecule has 5 nitrogen and oxygen atoms in total. The van der Waals surface area contributed by atoms with Crippen LogP contribution in [0.4, 0.5) is 0 Å². The molecule has 0 saturated heterocycles. The Balaban J connectivity index is 2.01. The molecule has 1 amide bonds. The summed E-state index contributed by atoms with van der Waals surface area (Å²) in [6, 6.07) is 11.8. The molecule has 22 heavy (non-hydrogen) atoms. The Hall–Kier alpha value is -2.56. The molecule has 5 heteroatoms. The monoisotopic (exact) mass is 298 g/mol. The minimum atomic E-state index is -1.09. The summed E-state index contributed by atoms with van der Waals surface area (Å²) >= 11 is 0. The first-order chi connectivity index (χ1) is 10.6. The van der Waals surface area contributed by atoms with Gasteiger partial charge in [0.25, 0.3) is 0 Å². The van der Waals surface area contributed by atoms with Gasteiger partial charge in [-0.2, -0.15) is 0 Å². The Morgan fingerprint density at radius 3 is 2.59 bits per heavy atom. The van der Waals surface area contributed by atoms with Gasteiger partial charge < -0.3 is 14.6 Å². The zero-order chi connectivity index (χ0) is 15.7. The third-order valence-electron chi connectivity index (χ3n) is 4.05. The van der Waals surface area contributed by atoms with Crippen molar-refractivity contribution in [1.82, 2.24) is 9.47 Å². The summed E-state index contributed by atoms with van der Waals surface area (Å²) in [7, 11) is 0. The van der Waals surface area contributed by atoms with Gasteiger partial charge in [0.05, 0.1) is 6.04 Å². The number of aliphatic carboxylic acids is 1. The van der Waals surface area contributed by atoms with Gasteiger partial charge in [-0.15, -0.1) is 0 Å². The fourth-order valence-corrected chi connectivity index (χ4v) is 2.98. The largest absolute Gasteiger partial charge is 0.481 e. The number of aryl methyl sites for hydroxylation is 1. The highest BCUT2D eigenvalue weighted by Gasteiger charge is 2.32. The number of fused-ring (bicyclic) bond motifs is 1. The van der Waals surface area contributed by atoms with Crippen LogP contribution in [0.1, 0.15) is 29.3 Å². The van der Waals surface area contributed by atoms with Crippen LogP contribution in [-0.2, 0) is 16.1 Å². The summed E-state index contributed by atoms with van der Waals surface area (Å²) in [4.78, 5) is 24.9. The minimum absolute atomic E-state index is 0.226. The van der Waals surface area contributed by atoms with Crippen molar-refractivity contribution in [3.63, 3.8) is 0 Å². The maximum atomic E-state index is 12.3. The molecule has 114 valence electrons. The zero-order valence-electron chi connectivity index (χ0n) is 12.4. The van der Waals surface area contributed by atoms with Gasteiger partial charge in [0.2, 0.25) is 5.91 Å². The molecule has 1 N–H and O–H groups in total. The van der Waals surface area contributed by atoms with Gasteiger partial charge in [-0.25, -0.2) is 0 Å². The van der Waals surface area contributed by atoms with Crippen LogP contribution in [0.15, 0.2) is 42.6 Å². The van der Waals surface area contributed by atoms with E-state index >= 15 is 0 Å². The molecule has 0 spiro atoms. The first-order valence-corrected chi connectivity index (χ1v) is 7.29. The third kappa shape index (κ3) is 2.62. The number of nitrogens with zero attached hydrogens (tertiary/aromatic N) is 2. The SMILES string of the molecule is Cc1ccc(C2c3cccn3CCN2C(=O)CC(=O)O)cc1. The molecule has 3 rings (SSSR count). The van der Waals surface area contributed by atoms with E-state index in [1.54, 1.807) is 4.90 Å². The number of rotatable bonds is 3. The molecule has 1 atom stereocenters. The Morgan fingerprint density at radius 1 is 1.18 bits per heavy atom. The first-order valence-electron chi connectivity index (χ1n) is 7.29. The van der Waals surface area contributed by atoms with E-state index in [2.05, 4.69) is 4.57 Å². The Bertz CT molecular complexity index is 703. The second kappa shape index (κ2) is 5.67. The molecule has 0 saturated carbocycles. The van der Waals surface area contributed by atoms with Crippen LogP contribution in [0.25, 0.3) is 0 Å². The number of hydrogen-bond donors (Lipinski definition) is 1. The van der Waals surface area contributed by atoms with Gasteiger partial charge >= 0.3 is 5.97 Å². The number of amides is 1. The van der Waals surface area contributed by atoms with Crippen LogP contribution in [0.5, 0.6) is 0 Å². The zero-order valence-corrected chi connectivity index (χ0v) is 12.4. The van der Waals surface area contributed by atoms with E-state index in [9.17, 15) is 9.59 Å². The smallest absolute Gasteiger partial charge is 0.312 e. The van der Waals surface area contributed by atoms with Crippen LogP contribution >= 0.6 is 0 Å². The number of hydrogen-bond acceptors (Lipinski definition) is 2. The average molecular weight is 298 g/mol. The van der Waals surface area contributed by atoms with Gasteiger partial charge in [-0.1, -0.05) is 29.8 Å². The number of carbonyl (C=O) groups excluding carboxylic acids is 1. The lowest BCUT2D eigenvalue weighted by molar-refractivity contribution is -0.145. The highest BCUT2D eigenvalue weighted by Crippen LogP contribution is 2.32. The van der Waals surface area contributed by atoms with Gasteiger partial charge in [0, 0.05) is 25.0 Å². The molecule has 1 aliphatic rings. The van der Waals surface area contributed by atoms with E-state index < -0.39 is 12.4 Å². The van der Waals surface area contributed by atoms with Crippen LogP contribution in [0.3, 0.4) is 0 Å². The van der Waals surface area contributed by atoms with Gasteiger partial charge in [0.1, 0.15) is 6.42 Å². The van der Waals surface area contributed by atoms with Crippen LogP contribution in [0, 0.1) is 6.92 Å². The lowest BCUT2D eigenvalue weighted by Crippen LogP contribution is -2.43. The summed E-state index contributed by atoms with van der Waals surface area (Å²) in [5, 5.41) is 8.91. The molecular weight excluding hydrogens is 280 g/mol. The van der Waals surface area contributed by atoms with Crippen molar-refractivity contribution in [3.8, 4) is 0 Å². The van der Waals surface area contributed by atoms with E-state index in [1.165, 1.54) is 0 Å². The minimum Gasteiger partial charge on any atom is -0.481 e. The topological polar surface area (TPSA) is 62.5 Å². The fourth-order valence-electron chi connectivity index (χ4n) is 2.98. The molecule has 0 bridgehead atoms. The molecule has 1 unspecified atom stereocenters. The highest BCUT2D eigenvalue weighted by molar-refractivity contribution is 5.93. The Kier molecular flexibility index (Phi) is 3.71. The normalized spacial score (nSPS) is 17.1. The number of aromatic nitrogens is 1. The molecule has 2 heterocycles. The standard InChI is InChI=1S/C17H18N2O3/c1-12-4-6-13(7-5-12)17-14-3-2-8-18(14)9-10-19(17)15(20)11-16(21)22/h2-8,17H,9-11H2,1H3,(H,21,22). The molecule has 0 fully saturated rings. The Labute approximate surface area is 128 Å². The molecular formula is C17H18N2O3. The highest BCUT2D eigenvalue weighted by atomic mass is 16.4. The van der Waals surface area contributed by atoms with E-state index in [1.807, 2.05) is 49.5 Å². The summed E-state index contributed by atoms with van der Waals surface area (Å²) in [5.74, 6) is -1.43. The predicted octanol–water partition coefficient (Wildman–Crippen LogP) is 2.20. The molecule has 0 radical (unpaired) electrons. The summed E-state index contributed by atoms with van der Waals surface area (Å²) < 4.78 is 2.12. The number of carbonyl (C=O) groups is 2. The van der Waals surface area contributed by atoms with Crippen molar-refractivity contribution < 1.29 is 14.7 Å². The van der Waals surface area contributed by atoms with Crippen molar-refractivity contribution >= 4 is 11.9 Å². The molecule has 1 aliphatic heterocycles. The van der Waals surface area contributed by atoms with Gasteiger partial charge in [-0.05, 0) is 24.6 Å². The van der Waals surface area contributed by atoms with E-state index in [-0.39, 0.29) is 11.9 Å². The quantitative estimate of drug-likeness (QED) is 0.884. The molecule has 1 aromatic carbocycles. The van der Waals surface area contributed by atoms with E-state index in [0.29, 0.717) is 13.1 Å². The van der Waals surface area contributed by atoms with Crippen LogP contribution in [-0.4, -0.2) is 33.0 Å². The van der Waals surface area contributed by atoms with Crippen LogP contribution in [0.2, 0.25) is 0 Å². The van der Waals surface area contributed by atoms with Gasteiger partial charge in [0.15, 0.2) is 0 Å². The number of carboxylic acids is 1. The van der Waals surface area contributed by atoms with Crippen molar-refractivity contribution in [2.45, 2.75) is 25.9 Å². The summed E-state index contributed by atoms with van der Waals surface area (Å²) in [6.45, 7) is 3.23. The van der Waals surface area contributed by atoms with Gasteiger partial charge in [-0.3, -0.25) is 9.59 Å². The molecule has 0 aliphatic carbocycles. The maximum Gasteiger partial charge on any atom is 0.312 e. The second-order valence-corrected chi connectivity index (χ2v) is 5.60. The lowest BCUT2D eigenvalue weighted by Gasteiger charge is -2.37. The number of benzene rings is 1. The van der Waals surface area contributed by atoms with Crippen molar-refractivity contribution in [3.05, 3.63) is 59.4 Å².